The summed E-state index contributed by atoms with van der Waals surface area (Å²) in [6, 6.07) is 0. The molecule has 21 heavy (non-hydrogen) atoms. The monoisotopic (exact) mass is 317 g/mol. The van der Waals surface area contributed by atoms with Crippen LogP contribution in [0.15, 0.2) is 0 Å². The Labute approximate surface area is 137 Å². The fraction of sp³-hybridized carbons (Fsp3) is 0.944. The molecule has 0 saturated heterocycles. The van der Waals surface area contributed by atoms with Crippen LogP contribution in [0.1, 0.15) is 90.9 Å². The summed E-state index contributed by atoms with van der Waals surface area (Å²) in [5, 5.41) is 0. The molecule has 1 amide bonds. The van der Waals surface area contributed by atoms with Gasteiger partial charge in [-0.15, -0.1) is 11.6 Å². The van der Waals surface area contributed by atoms with Gasteiger partial charge in [-0.2, -0.15) is 0 Å². The lowest BCUT2D eigenvalue weighted by Crippen LogP contribution is -2.31. The van der Waals surface area contributed by atoms with Crippen LogP contribution in [0.2, 0.25) is 0 Å². The lowest BCUT2D eigenvalue weighted by Gasteiger charge is -2.20. The third-order valence-corrected chi connectivity index (χ3v) is 4.31. The van der Waals surface area contributed by atoms with Crippen molar-refractivity contribution < 1.29 is 4.79 Å². The second kappa shape index (κ2) is 16.1. The summed E-state index contributed by atoms with van der Waals surface area (Å²) in [5.74, 6) is 1.04. The van der Waals surface area contributed by atoms with E-state index in [9.17, 15) is 4.79 Å². The number of nitrogens with zero attached hydrogens (tertiary/aromatic N) is 1. The molecule has 126 valence electrons. The second-order valence-electron chi connectivity index (χ2n) is 5.95. The Balaban J connectivity index is 3.53. The van der Waals surface area contributed by atoms with Gasteiger partial charge in [-0.1, -0.05) is 58.3 Å². The molecule has 0 aromatic heterocycles. The molecule has 2 nitrogen and oxygen atoms in total. The van der Waals surface area contributed by atoms with Gasteiger partial charge in [-0.25, -0.2) is 0 Å². The summed E-state index contributed by atoms with van der Waals surface area (Å²) in [6.45, 7) is 6.14. The molecule has 0 saturated carbocycles. The summed E-state index contributed by atoms with van der Waals surface area (Å²) in [7, 11) is 0. The van der Waals surface area contributed by atoms with Gasteiger partial charge in [0.15, 0.2) is 0 Å². The fourth-order valence-corrected chi connectivity index (χ4v) is 2.79. The van der Waals surface area contributed by atoms with Crippen molar-refractivity contribution >= 4 is 17.5 Å². The van der Waals surface area contributed by atoms with Crippen LogP contribution in [0, 0.1) is 0 Å². The molecule has 0 atom stereocenters. The molecule has 0 fully saturated rings. The van der Waals surface area contributed by atoms with Crippen molar-refractivity contribution in [3.8, 4) is 0 Å². The van der Waals surface area contributed by atoms with E-state index in [1.54, 1.807) is 0 Å². The van der Waals surface area contributed by atoms with Gasteiger partial charge < -0.3 is 4.90 Å². The maximum Gasteiger partial charge on any atom is 0.222 e. The van der Waals surface area contributed by atoms with Crippen molar-refractivity contribution in [1.82, 2.24) is 4.90 Å². The molecule has 0 radical (unpaired) electrons. The third kappa shape index (κ3) is 13.2. The van der Waals surface area contributed by atoms with Gasteiger partial charge in [0.2, 0.25) is 5.91 Å². The molecule has 0 rings (SSSR count). The summed E-state index contributed by atoms with van der Waals surface area (Å²) in [5.41, 5.74) is 0. The number of rotatable bonds is 15. The maximum atomic E-state index is 12.1. The molecular weight excluding hydrogens is 282 g/mol. The molecule has 0 unspecified atom stereocenters. The van der Waals surface area contributed by atoms with E-state index in [4.69, 9.17) is 11.6 Å². The number of hydrogen-bond donors (Lipinski definition) is 0. The van der Waals surface area contributed by atoms with E-state index in [1.807, 2.05) is 4.90 Å². The highest BCUT2D eigenvalue weighted by molar-refractivity contribution is 6.17. The highest BCUT2D eigenvalue weighted by Crippen LogP contribution is 2.10. The van der Waals surface area contributed by atoms with Gasteiger partial charge in [0.1, 0.15) is 0 Å². The molecule has 0 aliphatic carbocycles. The quantitative estimate of drug-likeness (QED) is 0.277. The van der Waals surface area contributed by atoms with E-state index < -0.39 is 0 Å². The molecule has 3 heteroatoms. The average molecular weight is 318 g/mol. The minimum atomic E-state index is 0.329. The lowest BCUT2D eigenvalue weighted by atomic mass is 10.1. The second-order valence-corrected chi connectivity index (χ2v) is 6.33. The van der Waals surface area contributed by atoms with Crippen LogP contribution >= 0.6 is 11.6 Å². The highest BCUT2D eigenvalue weighted by Gasteiger charge is 2.10. The zero-order valence-electron chi connectivity index (χ0n) is 14.3. The number of unbranched alkanes of at least 4 members (excludes halogenated alkanes) is 9. The molecule has 0 aliphatic heterocycles. The van der Waals surface area contributed by atoms with Gasteiger partial charge in [-0.05, 0) is 26.2 Å². The highest BCUT2D eigenvalue weighted by atomic mass is 35.5. The lowest BCUT2D eigenvalue weighted by molar-refractivity contribution is -0.131. The Kier molecular flexibility index (Phi) is 16.0. The van der Waals surface area contributed by atoms with Gasteiger partial charge >= 0.3 is 0 Å². The van der Waals surface area contributed by atoms with E-state index in [0.29, 0.717) is 18.2 Å². The fourth-order valence-electron chi connectivity index (χ4n) is 2.60. The Morgan fingerprint density at radius 3 is 1.95 bits per heavy atom. The Morgan fingerprint density at radius 2 is 1.38 bits per heavy atom. The molecule has 0 aromatic carbocycles. The van der Waals surface area contributed by atoms with Crippen LogP contribution in [0.5, 0.6) is 0 Å². The first kappa shape index (κ1) is 20.8. The van der Waals surface area contributed by atoms with E-state index in [-0.39, 0.29) is 0 Å². The minimum Gasteiger partial charge on any atom is -0.343 e. The molecule has 0 heterocycles. The maximum absolute atomic E-state index is 12.1. The number of alkyl halides is 1. The number of carbonyl (C=O) groups excluding carboxylic acids is 1. The Bertz CT molecular complexity index is 233. The van der Waals surface area contributed by atoms with Gasteiger partial charge in [0.25, 0.3) is 0 Å². The molecule has 0 bridgehead atoms. The van der Waals surface area contributed by atoms with Crippen molar-refractivity contribution in [3.63, 3.8) is 0 Å². The summed E-state index contributed by atoms with van der Waals surface area (Å²) >= 11 is 5.65. The predicted octanol–water partition coefficient (Wildman–Crippen LogP) is 5.77. The summed E-state index contributed by atoms with van der Waals surface area (Å²) < 4.78 is 0. The zero-order valence-corrected chi connectivity index (χ0v) is 15.1. The molecule has 0 aliphatic rings. The van der Waals surface area contributed by atoms with Crippen LogP contribution in [-0.2, 0) is 4.79 Å². The van der Waals surface area contributed by atoms with Gasteiger partial charge in [0, 0.05) is 25.4 Å². The van der Waals surface area contributed by atoms with E-state index in [1.165, 1.54) is 44.9 Å². The average Bonchev–Trinajstić information content (AvgIpc) is 2.50. The van der Waals surface area contributed by atoms with Crippen LogP contribution < -0.4 is 0 Å². The molecule has 0 N–H and O–H groups in total. The SMILES string of the molecule is CCCCCCCCCCN(CC)C(=O)CCCCCCl. The minimum absolute atomic E-state index is 0.329. The zero-order chi connectivity index (χ0) is 15.8. The standard InChI is InChI=1S/C18H36ClNO/c1-3-5-6-7-8-9-10-14-17-20(4-2)18(21)15-12-11-13-16-19/h3-17H2,1-2H3. The van der Waals surface area contributed by atoms with Crippen molar-refractivity contribution in [2.45, 2.75) is 90.9 Å². The van der Waals surface area contributed by atoms with Crippen LogP contribution in [0.25, 0.3) is 0 Å². The first-order chi connectivity index (χ1) is 10.3. The van der Waals surface area contributed by atoms with Crippen LogP contribution in [0.3, 0.4) is 0 Å². The third-order valence-electron chi connectivity index (χ3n) is 4.04. The number of carbonyl (C=O) groups is 1. The van der Waals surface area contributed by atoms with Crippen LogP contribution in [0.4, 0.5) is 0 Å². The normalized spacial score (nSPS) is 10.8. The topological polar surface area (TPSA) is 20.3 Å². The molecule has 0 spiro atoms. The number of amides is 1. The van der Waals surface area contributed by atoms with Crippen molar-refractivity contribution in [3.05, 3.63) is 0 Å². The smallest absolute Gasteiger partial charge is 0.222 e. The first-order valence-corrected chi connectivity index (χ1v) is 9.63. The first-order valence-electron chi connectivity index (χ1n) is 9.10. The predicted molar refractivity (Wildman–Crippen MR) is 94.1 cm³/mol. The van der Waals surface area contributed by atoms with Gasteiger partial charge in [-0.3, -0.25) is 4.79 Å². The molecular formula is C18H36ClNO. The number of halogens is 1. The van der Waals surface area contributed by atoms with Crippen molar-refractivity contribution in [2.75, 3.05) is 19.0 Å². The Morgan fingerprint density at radius 1 is 0.810 bits per heavy atom. The van der Waals surface area contributed by atoms with E-state index in [0.717, 1.165) is 38.8 Å². The van der Waals surface area contributed by atoms with Gasteiger partial charge in [0.05, 0.1) is 0 Å². The van der Waals surface area contributed by atoms with E-state index in [2.05, 4.69) is 13.8 Å². The number of hydrogen-bond acceptors (Lipinski definition) is 1. The summed E-state index contributed by atoms with van der Waals surface area (Å²) in [6.07, 6.45) is 14.4. The largest absolute Gasteiger partial charge is 0.343 e. The van der Waals surface area contributed by atoms with Crippen LogP contribution in [-0.4, -0.2) is 29.8 Å². The molecule has 0 aromatic rings. The summed E-state index contributed by atoms with van der Waals surface area (Å²) in [4.78, 5) is 14.1. The van der Waals surface area contributed by atoms with Crippen molar-refractivity contribution in [1.29, 1.82) is 0 Å². The van der Waals surface area contributed by atoms with E-state index >= 15 is 0 Å². The Hall–Kier alpha value is -0.240. The van der Waals surface area contributed by atoms with Crippen molar-refractivity contribution in [2.24, 2.45) is 0 Å².